The van der Waals surface area contributed by atoms with Crippen LogP contribution in [0.5, 0.6) is 5.75 Å². The van der Waals surface area contributed by atoms with Gasteiger partial charge in [0, 0.05) is 12.1 Å². The van der Waals surface area contributed by atoms with Crippen LogP contribution < -0.4 is 4.74 Å². The molecule has 0 saturated heterocycles. The Bertz CT molecular complexity index is 629. The number of hydrogen-bond acceptors (Lipinski definition) is 1. The molecule has 0 heterocycles. The molecule has 0 aliphatic rings. The smallest absolute Gasteiger partial charge is 0.426 e. The molecule has 0 aliphatic heterocycles. The second kappa shape index (κ2) is 6.34. The van der Waals surface area contributed by atoms with Crippen LogP contribution >= 0.6 is 0 Å². The quantitative estimate of drug-likeness (QED) is 0.545. The fourth-order valence-electron chi connectivity index (χ4n) is 1.95. The van der Waals surface area contributed by atoms with Crippen molar-refractivity contribution in [1.82, 2.24) is 0 Å². The molecule has 2 aromatic carbocycles. The zero-order valence-corrected chi connectivity index (χ0v) is 11.7. The van der Waals surface area contributed by atoms with Crippen LogP contribution in [0.2, 0.25) is 0 Å². The fraction of sp³-hybridized carbons (Fsp3) is 0.250. The highest BCUT2D eigenvalue weighted by molar-refractivity contribution is 5.29. The first-order valence-electron chi connectivity index (χ1n) is 6.64. The number of hydrogen-bond donors (Lipinski definition) is 0. The van der Waals surface area contributed by atoms with Crippen molar-refractivity contribution in [2.75, 3.05) is 0 Å². The van der Waals surface area contributed by atoms with Gasteiger partial charge in [0.05, 0.1) is 5.56 Å². The van der Waals surface area contributed by atoms with Crippen LogP contribution in [0.15, 0.2) is 36.4 Å². The van der Waals surface area contributed by atoms with E-state index in [1.807, 2.05) is 6.92 Å². The highest BCUT2D eigenvalue weighted by Gasteiger charge is 2.35. The summed E-state index contributed by atoms with van der Waals surface area (Å²) in [4.78, 5) is 0. The summed E-state index contributed by atoms with van der Waals surface area (Å²) in [6, 6.07) is 6.17. The van der Waals surface area contributed by atoms with E-state index in [2.05, 4.69) is 4.74 Å². The summed E-state index contributed by atoms with van der Waals surface area (Å²) in [6.45, 7) is 1.96. The second-order valence-electron chi connectivity index (χ2n) is 4.77. The molecule has 0 atom stereocenters. The Morgan fingerprint density at radius 1 is 0.955 bits per heavy atom. The molecule has 0 bridgehead atoms. The van der Waals surface area contributed by atoms with Crippen LogP contribution in [-0.4, -0.2) is 0 Å². The lowest BCUT2D eigenvalue weighted by molar-refractivity contribution is -0.185. The average molecular weight is 316 g/mol. The fourth-order valence-corrected chi connectivity index (χ4v) is 1.95. The van der Waals surface area contributed by atoms with Gasteiger partial charge >= 0.3 is 6.11 Å². The van der Waals surface area contributed by atoms with Gasteiger partial charge in [-0.2, -0.15) is 8.78 Å². The first kappa shape index (κ1) is 16.3. The number of halogens is 5. The summed E-state index contributed by atoms with van der Waals surface area (Å²) in [5.74, 6) is -5.72. The van der Waals surface area contributed by atoms with Crippen molar-refractivity contribution < 1.29 is 26.7 Å². The van der Waals surface area contributed by atoms with Crippen molar-refractivity contribution in [1.29, 1.82) is 0 Å². The molecule has 0 amide bonds. The van der Waals surface area contributed by atoms with Crippen LogP contribution in [0, 0.1) is 17.5 Å². The Morgan fingerprint density at radius 2 is 1.50 bits per heavy atom. The summed E-state index contributed by atoms with van der Waals surface area (Å²) >= 11 is 0. The molecule has 22 heavy (non-hydrogen) atoms. The van der Waals surface area contributed by atoms with Gasteiger partial charge in [-0.3, -0.25) is 0 Å². The Kier molecular flexibility index (Phi) is 4.68. The number of benzene rings is 2. The van der Waals surface area contributed by atoms with Gasteiger partial charge in [0.25, 0.3) is 0 Å². The van der Waals surface area contributed by atoms with E-state index < -0.39 is 34.9 Å². The molecule has 0 radical (unpaired) electrons. The Morgan fingerprint density at radius 3 is 2.00 bits per heavy atom. The van der Waals surface area contributed by atoms with Gasteiger partial charge in [0.15, 0.2) is 17.5 Å². The Balaban J connectivity index is 2.23. The van der Waals surface area contributed by atoms with Gasteiger partial charge in [0.1, 0.15) is 5.75 Å². The Labute approximate surface area is 124 Å². The highest BCUT2D eigenvalue weighted by atomic mass is 19.3. The van der Waals surface area contributed by atoms with Crippen molar-refractivity contribution in [2.45, 2.75) is 25.9 Å². The lowest BCUT2D eigenvalue weighted by atomic mass is 10.1. The van der Waals surface area contributed by atoms with Crippen molar-refractivity contribution >= 4 is 0 Å². The lowest BCUT2D eigenvalue weighted by Crippen LogP contribution is -2.22. The molecule has 0 spiro atoms. The van der Waals surface area contributed by atoms with E-state index in [0.717, 1.165) is 18.4 Å². The molecular weight excluding hydrogens is 303 g/mol. The zero-order valence-electron chi connectivity index (χ0n) is 11.7. The molecule has 1 nitrogen and oxygen atoms in total. The molecule has 0 unspecified atom stereocenters. The van der Waals surface area contributed by atoms with Gasteiger partial charge in [0.2, 0.25) is 0 Å². The maximum atomic E-state index is 14.0. The van der Waals surface area contributed by atoms with Crippen LogP contribution in [-0.2, 0) is 12.5 Å². The van der Waals surface area contributed by atoms with Crippen molar-refractivity contribution in [2.24, 2.45) is 0 Å². The third-order valence-electron chi connectivity index (χ3n) is 3.03. The third kappa shape index (κ3) is 3.55. The van der Waals surface area contributed by atoms with E-state index in [1.165, 1.54) is 24.3 Å². The van der Waals surface area contributed by atoms with Gasteiger partial charge in [-0.25, -0.2) is 13.2 Å². The predicted molar refractivity (Wildman–Crippen MR) is 71.3 cm³/mol. The minimum Gasteiger partial charge on any atom is -0.429 e. The predicted octanol–water partition coefficient (Wildman–Crippen LogP) is 5.18. The molecule has 2 rings (SSSR count). The summed E-state index contributed by atoms with van der Waals surface area (Å²) < 4.78 is 71.1. The summed E-state index contributed by atoms with van der Waals surface area (Å²) in [6.07, 6.45) is -2.16. The summed E-state index contributed by atoms with van der Waals surface area (Å²) in [7, 11) is 0. The van der Waals surface area contributed by atoms with Crippen LogP contribution in [0.4, 0.5) is 22.0 Å². The van der Waals surface area contributed by atoms with Gasteiger partial charge < -0.3 is 4.74 Å². The van der Waals surface area contributed by atoms with Crippen molar-refractivity contribution in [3.63, 3.8) is 0 Å². The second-order valence-corrected chi connectivity index (χ2v) is 4.77. The molecule has 0 N–H and O–H groups in total. The molecular formula is C16H13F5O. The van der Waals surface area contributed by atoms with E-state index >= 15 is 0 Å². The van der Waals surface area contributed by atoms with Gasteiger partial charge in [-0.05, 0) is 24.1 Å². The van der Waals surface area contributed by atoms with E-state index in [0.29, 0.717) is 12.1 Å². The van der Waals surface area contributed by atoms with Crippen LogP contribution in [0.3, 0.4) is 0 Å². The highest BCUT2D eigenvalue weighted by Crippen LogP contribution is 2.32. The first-order chi connectivity index (χ1) is 10.3. The first-order valence-corrected chi connectivity index (χ1v) is 6.64. The van der Waals surface area contributed by atoms with Gasteiger partial charge in [-0.1, -0.05) is 25.5 Å². The van der Waals surface area contributed by atoms with Crippen LogP contribution in [0.1, 0.15) is 24.5 Å². The molecule has 0 saturated carbocycles. The van der Waals surface area contributed by atoms with Crippen LogP contribution in [0.25, 0.3) is 0 Å². The standard InChI is InChI=1S/C16H13F5O/c1-2-3-10-4-6-11(7-5-10)16(20,21)22-12-8-13(17)15(19)14(18)9-12/h4-9H,2-3H2,1H3. The lowest BCUT2D eigenvalue weighted by Gasteiger charge is -2.18. The van der Waals surface area contributed by atoms with Crippen molar-refractivity contribution in [3.05, 3.63) is 65.0 Å². The third-order valence-corrected chi connectivity index (χ3v) is 3.03. The summed E-state index contributed by atoms with van der Waals surface area (Å²) in [5, 5.41) is 0. The number of aryl methyl sites for hydroxylation is 1. The molecule has 0 aliphatic carbocycles. The minimum atomic E-state index is -3.79. The molecule has 2 aromatic rings. The van der Waals surface area contributed by atoms with Crippen molar-refractivity contribution in [3.8, 4) is 5.75 Å². The normalized spacial score (nSPS) is 11.5. The number of rotatable bonds is 5. The summed E-state index contributed by atoms with van der Waals surface area (Å²) in [5.41, 5.74) is 0.429. The number of ether oxygens (including phenoxy) is 1. The molecule has 118 valence electrons. The largest absolute Gasteiger partial charge is 0.429 e. The molecule has 6 heteroatoms. The molecule has 0 fully saturated rings. The zero-order chi connectivity index (χ0) is 16.3. The Hall–Kier alpha value is -2.11. The van der Waals surface area contributed by atoms with E-state index in [9.17, 15) is 22.0 Å². The number of alkyl halides is 2. The maximum absolute atomic E-state index is 14.0. The monoisotopic (exact) mass is 316 g/mol. The minimum absolute atomic E-state index is 0.373. The van der Waals surface area contributed by atoms with E-state index in [-0.39, 0.29) is 0 Å². The van der Waals surface area contributed by atoms with E-state index in [4.69, 9.17) is 0 Å². The maximum Gasteiger partial charge on any atom is 0.426 e. The SMILES string of the molecule is CCCc1ccc(C(F)(F)Oc2cc(F)c(F)c(F)c2)cc1. The molecule has 0 aromatic heterocycles. The topological polar surface area (TPSA) is 9.23 Å². The average Bonchev–Trinajstić information content (AvgIpc) is 2.45. The van der Waals surface area contributed by atoms with E-state index in [1.54, 1.807) is 0 Å². The van der Waals surface area contributed by atoms with Gasteiger partial charge in [-0.15, -0.1) is 0 Å².